The smallest absolute Gasteiger partial charge is 0.266 e. The summed E-state index contributed by atoms with van der Waals surface area (Å²) in [5.74, 6) is 0.844. The third kappa shape index (κ3) is 5.64. The molecule has 3 aromatic rings. The Labute approximate surface area is 195 Å². The molecule has 164 valence electrons. The van der Waals surface area contributed by atoms with Crippen molar-refractivity contribution >= 4 is 48.7 Å². The molecule has 9 heteroatoms. The molecule has 1 aliphatic rings. The first-order valence-corrected chi connectivity index (χ1v) is 9.70. The van der Waals surface area contributed by atoms with Gasteiger partial charge in [-0.25, -0.2) is 9.97 Å². The summed E-state index contributed by atoms with van der Waals surface area (Å²) in [6.07, 6.45) is 7.51. The lowest BCUT2D eigenvalue weighted by Gasteiger charge is -2.13. The maximum atomic E-state index is 13.1. The van der Waals surface area contributed by atoms with Crippen LogP contribution in [0.25, 0.3) is 16.8 Å². The van der Waals surface area contributed by atoms with Crippen LogP contribution in [0.15, 0.2) is 47.5 Å². The normalized spacial score (nSPS) is 15.0. The van der Waals surface area contributed by atoms with E-state index in [0.717, 1.165) is 55.8 Å². The first-order valence-electron chi connectivity index (χ1n) is 9.70. The molecule has 0 saturated carbocycles. The quantitative estimate of drug-likeness (QED) is 0.564. The highest BCUT2D eigenvalue weighted by Crippen LogP contribution is 2.22. The van der Waals surface area contributed by atoms with Crippen molar-refractivity contribution < 1.29 is 0 Å². The van der Waals surface area contributed by atoms with E-state index in [4.69, 9.17) is 4.98 Å². The summed E-state index contributed by atoms with van der Waals surface area (Å²) < 4.78 is 1.61. The fraction of sp³-hybridized carbons (Fsp3) is 0.381. The molecular formula is C21H28Cl3N5O. The lowest BCUT2D eigenvalue weighted by molar-refractivity contribution is 0.774. The molecule has 4 heterocycles. The standard InChI is InChI=1S/C21H25N5O.3ClH/c1-2-3-6-17-20(21(27)26-12-5-4-7-19(26)25-17)15-8-9-18(23-13-15)24-16-10-11-22-14-16;;;/h4-5,7-9,12-13,16,22H,2-3,6,10-11,14H2,1H3,(H,23,24);3*1H/t16-;;;/m1.../s1. The summed E-state index contributed by atoms with van der Waals surface area (Å²) in [4.78, 5) is 22.5. The number of aromatic nitrogens is 3. The van der Waals surface area contributed by atoms with E-state index >= 15 is 0 Å². The van der Waals surface area contributed by atoms with Gasteiger partial charge in [-0.2, -0.15) is 0 Å². The van der Waals surface area contributed by atoms with Crippen LogP contribution in [0.5, 0.6) is 0 Å². The van der Waals surface area contributed by atoms with Gasteiger partial charge in [-0.15, -0.1) is 37.2 Å². The van der Waals surface area contributed by atoms with E-state index in [0.29, 0.717) is 17.3 Å². The number of aryl methyl sites for hydroxylation is 1. The molecule has 1 fully saturated rings. The van der Waals surface area contributed by atoms with Crippen molar-refractivity contribution in [1.82, 2.24) is 19.7 Å². The molecule has 0 spiro atoms. The molecular weight excluding hydrogens is 445 g/mol. The summed E-state index contributed by atoms with van der Waals surface area (Å²) in [6.45, 7) is 4.14. The molecule has 0 unspecified atom stereocenters. The second-order valence-electron chi connectivity index (χ2n) is 7.04. The number of hydrogen-bond acceptors (Lipinski definition) is 5. The minimum Gasteiger partial charge on any atom is -0.366 e. The number of nitrogens with zero attached hydrogens (tertiary/aromatic N) is 3. The molecule has 1 atom stereocenters. The zero-order chi connectivity index (χ0) is 18.6. The number of unbranched alkanes of at least 4 members (excludes halogenated alkanes) is 1. The van der Waals surface area contributed by atoms with Crippen molar-refractivity contribution in [3.05, 3.63) is 58.8 Å². The monoisotopic (exact) mass is 471 g/mol. The molecule has 0 radical (unpaired) electrons. The number of nitrogens with one attached hydrogen (secondary N) is 2. The van der Waals surface area contributed by atoms with Crippen molar-refractivity contribution in [3.8, 4) is 11.1 Å². The Morgan fingerprint density at radius 2 is 2.03 bits per heavy atom. The second-order valence-corrected chi connectivity index (χ2v) is 7.04. The van der Waals surface area contributed by atoms with Crippen LogP contribution in [0.2, 0.25) is 0 Å². The van der Waals surface area contributed by atoms with E-state index in [2.05, 4.69) is 22.5 Å². The number of halogens is 3. The first kappa shape index (κ1) is 26.2. The van der Waals surface area contributed by atoms with Crippen molar-refractivity contribution in [2.45, 2.75) is 38.6 Å². The number of pyridine rings is 2. The maximum absolute atomic E-state index is 13.1. The van der Waals surface area contributed by atoms with Gasteiger partial charge in [0.25, 0.3) is 5.56 Å². The van der Waals surface area contributed by atoms with Crippen LogP contribution in [-0.4, -0.2) is 33.5 Å². The highest BCUT2D eigenvalue weighted by atomic mass is 35.5. The lowest BCUT2D eigenvalue weighted by atomic mass is 10.0. The van der Waals surface area contributed by atoms with Gasteiger partial charge in [0.2, 0.25) is 0 Å². The van der Waals surface area contributed by atoms with Crippen molar-refractivity contribution in [3.63, 3.8) is 0 Å². The van der Waals surface area contributed by atoms with Crippen molar-refractivity contribution in [1.29, 1.82) is 0 Å². The Balaban J connectivity index is 0.00000150. The third-order valence-electron chi connectivity index (χ3n) is 5.04. The number of rotatable bonds is 6. The van der Waals surface area contributed by atoms with Gasteiger partial charge in [0.05, 0.1) is 11.3 Å². The Bertz CT molecular complexity index is 988. The van der Waals surface area contributed by atoms with Gasteiger partial charge in [0.15, 0.2) is 0 Å². The van der Waals surface area contributed by atoms with Crippen LogP contribution in [0.1, 0.15) is 31.9 Å². The topological polar surface area (TPSA) is 71.3 Å². The summed E-state index contributed by atoms with van der Waals surface area (Å²) in [6, 6.07) is 9.98. The molecule has 0 amide bonds. The predicted octanol–water partition coefficient (Wildman–Crippen LogP) is 4.14. The van der Waals surface area contributed by atoms with Crippen LogP contribution in [0.3, 0.4) is 0 Å². The van der Waals surface area contributed by atoms with E-state index in [1.807, 2.05) is 30.3 Å². The van der Waals surface area contributed by atoms with Crippen LogP contribution in [0.4, 0.5) is 5.82 Å². The fourth-order valence-corrected chi connectivity index (χ4v) is 3.56. The molecule has 6 nitrogen and oxygen atoms in total. The van der Waals surface area contributed by atoms with Gasteiger partial charge in [-0.3, -0.25) is 9.20 Å². The molecule has 4 rings (SSSR count). The van der Waals surface area contributed by atoms with E-state index in [-0.39, 0.29) is 42.8 Å². The summed E-state index contributed by atoms with van der Waals surface area (Å²) in [7, 11) is 0. The number of hydrogen-bond donors (Lipinski definition) is 2. The summed E-state index contributed by atoms with van der Waals surface area (Å²) >= 11 is 0. The largest absolute Gasteiger partial charge is 0.366 e. The van der Waals surface area contributed by atoms with E-state index in [1.54, 1.807) is 16.8 Å². The molecule has 30 heavy (non-hydrogen) atoms. The zero-order valence-corrected chi connectivity index (χ0v) is 19.3. The SMILES string of the molecule is CCCCc1nc2ccccn2c(=O)c1-c1ccc(N[C@@H]2CCNC2)nc1.Cl.Cl.Cl. The lowest BCUT2D eigenvalue weighted by Crippen LogP contribution is -2.22. The predicted molar refractivity (Wildman–Crippen MR) is 130 cm³/mol. The molecule has 3 aromatic heterocycles. The second kappa shape index (κ2) is 12.1. The van der Waals surface area contributed by atoms with E-state index in [9.17, 15) is 4.79 Å². The van der Waals surface area contributed by atoms with Crippen molar-refractivity contribution in [2.24, 2.45) is 0 Å². The molecule has 1 saturated heterocycles. The van der Waals surface area contributed by atoms with Crippen LogP contribution in [0, 0.1) is 0 Å². The Hall–Kier alpha value is -1.86. The summed E-state index contributed by atoms with van der Waals surface area (Å²) in [5, 5.41) is 6.78. The Morgan fingerprint density at radius 3 is 2.70 bits per heavy atom. The van der Waals surface area contributed by atoms with Gasteiger partial charge in [0, 0.05) is 30.5 Å². The van der Waals surface area contributed by atoms with E-state index in [1.165, 1.54) is 0 Å². The minimum atomic E-state index is -0.0331. The highest BCUT2D eigenvalue weighted by Gasteiger charge is 2.17. The molecule has 0 aromatic carbocycles. The van der Waals surface area contributed by atoms with Gasteiger partial charge >= 0.3 is 0 Å². The van der Waals surface area contributed by atoms with Gasteiger partial charge < -0.3 is 10.6 Å². The minimum absolute atomic E-state index is 0. The maximum Gasteiger partial charge on any atom is 0.266 e. The van der Waals surface area contributed by atoms with Gasteiger partial charge in [0.1, 0.15) is 11.5 Å². The van der Waals surface area contributed by atoms with Crippen LogP contribution >= 0.6 is 37.2 Å². The molecule has 0 bridgehead atoms. The third-order valence-corrected chi connectivity index (χ3v) is 5.04. The molecule has 0 aliphatic carbocycles. The average molecular weight is 473 g/mol. The van der Waals surface area contributed by atoms with Gasteiger partial charge in [-0.05, 0) is 50.1 Å². The Morgan fingerprint density at radius 1 is 1.20 bits per heavy atom. The zero-order valence-electron chi connectivity index (χ0n) is 16.8. The first-order chi connectivity index (χ1) is 13.3. The number of fused-ring (bicyclic) bond motifs is 1. The summed E-state index contributed by atoms with van der Waals surface area (Å²) in [5.41, 5.74) is 3.00. The number of anilines is 1. The van der Waals surface area contributed by atoms with Gasteiger partial charge in [-0.1, -0.05) is 19.4 Å². The highest BCUT2D eigenvalue weighted by molar-refractivity contribution is 5.86. The molecule has 1 aliphatic heterocycles. The van der Waals surface area contributed by atoms with Crippen molar-refractivity contribution in [2.75, 3.05) is 18.4 Å². The molecule has 2 N–H and O–H groups in total. The fourth-order valence-electron chi connectivity index (χ4n) is 3.56. The Kier molecular flexibility index (Phi) is 10.6. The van der Waals surface area contributed by atoms with E-state index < -0.39 is 0 Å². The van der Waals surface area contributed by atoms with Crippen LogP contribution in [-0.2, 0) is 6.42 Å². The average Bonchev–Trinajstić information content (AvgIpc) is 3.20. The van der Waals surface area contributed by atoms with Crippen LogP contribution < -0.4 is 16.2 Å².